The zero-order chi connectivity index (χ0) is 13.3. The van der Waals surface area contributed by atoms with Crippen molar-refractivity contribution in [1.29, 1.82) is 0 Å². The number of imide groups is 1. The minimum atomic E-state index is -1.06. The third kappa shape index (κ3) is 1.90. The summed E-state index contributed by atoms with van der Waals surface area (Å²) >= 11 is 0. The molecule has 0 radical (unpaired) electrons. The molecule has 18 heavy (non-hydrogen) atoms. The van der Waals surface area contributed by atoms with Crippen LogP contribution in [0.25, 0.3) is 0 Å². The first-order chi connectivity index (χ1) is 8.52. The van der Waals surface area contributed by atoms with Crippen molar-refractivity contribution in [1.82, 2.24) is 4.90 Å². The minimum Gasteiger partial charge on any atom is -0.478 e. The van der Waals surface area contributed by atoms with Gasteiger partial charge in [0.05, 0.1) is 11.1 Å². The third-order valence-corrected chi connectivity index (χ3v) is 2.80. The molecule has 0 atom stereocenters. The van der Waals surface area contributed by atoms with Gasteiger partial charge in [-0.05, 0) is 19.1 Å². The molecule has 0 fully saturated rings. The molecule has 1 aromatic rings. The first-order valence-electron chi connectivity index (χ1n) is 5.37. The quantitative estimate of drug-likeness (QED) is 0.643. The van der Waals surface area contributed by atoms with Gasteiger partial charge in [0.15, 0.2) is 0 Å². The number of nitrogens with zero attached hydrogens (tertiary/aromatic N) is 1. The number of amides is 2. The predicted molar refractivity (Wildman–Crippen MR) is 63.2 cm³/mol. The summed E-state index contributed by atoms with van der Waals surface area (Å²) in [5, 5.41) is 8.70. The number of hydrogen-bond donors (Lipinski definition) is 1. The highest BCUT2D eigenvalue weighted by Crippen LogP contribution is 2.22. The molecule has 1 heterocycles. The number of hydrogen-bond acceptors (Lipinski definition) is 3. The van der Waals surface area contributed by atoms with E-state index in [2.05, 4.69) is 0 Å². The molecule has 5 heteroatoms. The van der Waals surface area contributed by atoms with Crippen molar-refractivity contribution in [2.24, 2.45) is 0 Å². The predicted octanol–water partition coefficient (Wildman–Crippen LogP) is 1.31. The van der Waals surface area contributed by atoms with E-state index >= 15 is 0 Å². The first kappa shape index (κ1) is 12.0. The van der Waals surface area contributed by atoms with Crippen LogP contribution in [0.3, 0.4) is 0 Å². The molecule has 0 saturated heterocycles. The highest BCUT2D eigenvalue weighted by atomic mass is 16.4. The third-order valence-electron chi connectivity index (χ3n) is 2.80. The largest absolute Gasteiger partial charge is 0.478 e. The van der Waals surface area contributed by atoms with Crippen molar-refractivity contribution < 1.29 is 19.5 Å². The number of carbonyl (C=O) groups excluding carboxylic acids is 2. The number of carboxylic acids is 1. The first-order valence-corrected chi connectivity index (χ1v) is 5.37. The fourth-order valence-corrected chi connectivity index (χ4v) is 1.72. The van der Waals surface area contributed by atoms with E-state index in [4.69, 9.17) is 5.11 Å². The molecule has 0 bridgehead atoms. The lowest BCUT2D eigenvalue weighted by Gasteiger charge is -2.10. The molecule has 0 unspecified atom stereocenters. The van der Waals surface area contributed by atoms with Crippen LogP contribution in [0, 0.1) is 0 Å². The lowest BCUT2D eigenvalue weighted by molar-refractivity contribution is -0.132. The Bertz CT molecular complexity index is 539. The summed E-state index contributed by atoms with van der Waals surface area (Å²) in [4.78, 5) is 35.5. The van der Waals surface area contributed by atoms with E-state index in [1.807, 2.05) is 0 Å². The minimum absolute atomic E-state index is 0.0233. The fraction of sp³-hybridized carbons (Fsp3) is 0.154. The smallest absolute Gasteiger partial charge is 0.331 e. The molecule has 2 amide bonds. The van der Waals surface area contributed by atoms with Crippen LogP contribution in [0.1, 0.15) is 27.6 Å². The van der Waals surface area contributed by atoms with Gasteiger partial charge in [-0.25, -0.2) is 4.79 Å². The number of carboxylic acid groups (broad SMARTS) is 1. The molecule has 0 aromatic heterocycles. The second-order valence-corrected chi connectivity index (χ2v) is 3.96. The molecule has 92 valence electrons. The Kier molecular flexibility index (Phi) is 2.97. The lowest BCUT2D eigenvalue weighted by atomic mass is 10.1. The fourth-order valence-electron chi connectivity index (χ4n) is 1.72. The Morgan fingerprint density at radius 3 is 2.17 bits per heavy atom. The monoisotopic (exact) mass is 245 g/mol. The van der Waals surface area contributed by atoms with Crippen LogP contribution < -0.4 is 0 Å². The molecule has 1 aliphatic rings. The van der Waals surface area contributed by atoms with Crippen LogP contribution >= 0.6 is 0 Å². The van der Waals surface area contributed by atoms with Gasteiger partial charge in [0.1, 0.15) is 0 Å². The van der Waals surface area contributed by atoms with E-state index in [1.54, 1.807) is 24.3 Å². The van der Waals surface area contributed by atoms with Gasteiger partial charge in [0, 0.05) is 12.1 Å². The maximum atomic E-state index is 11.9. The van der Waals surface area contributed by atoms with E-state index in [9.17, 15) is 14.4 Å². The maximum absolute atomic E-state index is 11.9. The van der Waals surface area contributed by atoms with Gasteiger partial charge >= 0.3 is 5.97 Å². The summed E-state index contributed by atoms with van der Waals surface area (Å²) in [5.74, 6) is -1.83. The van der Waals surface area contributed by atoms with Gasteiger partial charge in [-0.15, -0.1) is 0 Å². The van der Waals surface area contributed by atoms with Crippen LogP contribution in [0.2, 0.25) is 0 Å². The maximum Gasteiger partial charge on any atom is 0.331 e. The molecule has 0 saturated carbocycles. The lowest BCUT2D eigenvalue weighted by Crippen LogP contribution is -2.30. The van der Waals surface area contributed by atoms with E-state index in [0.717, 1.165) is 4.90 Å². The van der Waals surface area contributed by atoms with Crippen LogP contribution in [0.15, 0.2) is 35.9 Å². The Morgan fingerprint density at radius 1 is 1.22 bits per heavy atom. The summed E-state index contributed by atoms with van der Waals surface area (Å²) in [7, 11) is 0. The van der Waals surface area contributed by atoms with Crippen LogP contribution in [-0.4, -0.2) is 34.3 Å². The Hall–Kier alpha value is -2.43. The van der Waals surface area contributed by atoms with E-state index in [0.29, 0.717) is 11.1 Å². The Labute approximate surface area is 103 Å². The molecule has 1 aromatic carbocycles. The molecule has 5 nitrogen and oxygen atoms in total. The van der Waals surface area contributed by atoms with E-state index in [1.165, 1.54) is 13.0 Å². The molecule has 1 N–H and O–H groups in total. The zero-order valence-corrected chi connectivity index (χ0v) is 9.71. The molecule has 0 aliphatic carbocycles. The number of benzene rings is 1. The molecular weight excluding hydrogens is 234 g/mol. The average Bonchev–Trinajstić information content (AvgIpc) is 2.60. The normalized spacial score (nSPS) is 14.9. The second-order valence-electron chi connectivity index (χ2n) is 3.96. The second kappa shape index (κ2) is 4.44. The summed E-state index contributed by atoms with van der Waals surface area (Å²) in [5.41, 5.74) is 0.833. The SMILES string of the molecule is C/C(=C/CN1C(=O)c2ccccc2C1=O)C(=O)O. The van der Waals surface area contributed by atoms with E-state index in [-0.39, 0.29) is 23.9 Å². The number of aliphatic carboxylic acids is 1. The highest BCUT2D eigenvalue weighted by molar-refractivity contribution is 6.21. The summed E-state index contributed by atoms with van der Waals surface area (Å²) in [6.07, 6.45) is 1.35. The molecule has 2 rings (SSSR count). The van der Waals surface area contributed by atoms with Gasteiger partial charge in [-0.2, -0.15) is 0 Å². The van der Waals surface area contributed by atoms with Crippen molar-refractivity contribution in [3.8, 4) is 0 Å². The molecule has 0 spiro atoms. The van der Waals surface area contributed by atoms with Crippen LogP contribution in [-0.2, 0) is 4.79 Å². The van der Waals surface area contributed by atoms with Crippen molar-refractivity contribution >= 4 is 17.8 Å². The highest BCUT2D eigenvalue weighted by Gasteiger charge is 2.34. The topological polar surface area (TPSA) is 74.7 Å². The molecule has 1 aliphatic heterocycles. The van der Waals surface area contributed by atoms with Gasteiger partial charge < -0.3 is 5.11 Å². The number of fused-ring (bicyclic) bond motifs is 1. The molecular formula is C13H11NO4. The Morgan fingerprint density at radius 2 is 1.72 bits per heavy atom. The number of carbonyl (C=O) groups is 3. The van der Waals surface area contributed by atoms with Crippen molar-refractivity contribution in [3.63, 3.8) is 0 Å². The van der Waals surface area contributed by atoms with Crippen LogP contribution in [0.4, 0.5) is 0 Å². The van der Waals surface area contributed by atoms with Gasteiger partial charge in [0.2, 0.25) is 0 Å². The van der Waals surface area contributed by atoms with Gasteiger partial charge in [-0.3, -0.25) is 14.5 Å². The number of rotatable bonds is 3. The Balaban J connectivity index is 2.24. The van der Waals surface area contributed by atoms with Gasteiger partial charge in [-0.1, -0.05) is 18.2 Å². The van der Waals surface area contributed by atoms with Crippen molar-refractivity contribution in [2.75, 3.05) is 6.54 Å². The van der Waals surface area contributed by atoms with Crippen LogP contribution in [0.5, 0.6) is 0 Å². The standard InChI is InChI=1S/C13H11NO4/c1-8(13(17)18)6-7-14-11(15)9-4-2-3-5-10(9)12(14)16/h2-6H,7H2,1H3,(H,17,18)/b8-6-. The summed E-state index contributed by atoms with van der Waals surface area (Å²) in [6.45, 7) is 1.39. The van der Waals surface area contributed by atoms with Crippen molar-refractivity contribution in [3.05, 3.63) is 47.0 Å². The van der Waals surface area contributed by atoms with E-state index < -0.39 is 5.97 Å². The van der Waals surface area contributed by atoms with Crippen molar-refractivity contribution in [2.45, 2.75) is 6.92 Å². The van der Waals surface area contributed by atoms with Gasteiger partial charge in [0.25, 0.3) is 11.8 Å². The summed E-state index contributed by atoms with van der Waals surface area (Å²) < 4.78 is 0. The summed E-state index contributed by atoms with van der Waals surface area (Å²) in [6, 6.07) is 6.55. The zero-order valence-electron chi connectivity index (χ0n) is 9.71. The average molecular weight is 245 g/mol.